The zero-order chi connectivity index (χ0) is 15.5. The zero-order valence-corrected chi connectivity index (χ0v) is 13.8. The molecule has 1 aliphatic rings. The van der Waals surface area contributed by atoms with Crippen LogP contribution in [0.4, 0.5) is 5.13 Å². The number of rotatable bonds is 3. The van der Waals surface area contributed by atoms with Crippen LogP contribution < -0.4 is 5.32 Å². The molecule has 1 amide bonds. The van der Waals surface area contributed by atoms with E-state index in [9.17, 15) is 4.79 Å². The second kappa shape index (κ2) is 6.58. The monoisotopic (exact) mass is 315 g/mol. The number of anilines is 1. The van der Waals surface area contributed by atoms with Crippen LogP contribution in [0.3, 0.4) is 0 Å². The number of aromatic nitrogens is 1. The molecular formula is C17H21N3OS. The molecule has 0 bridgehead atoms. The van der Waals surface area contributed by atoms with Crippen molar-refractivity contribution in [3.05, 3.63) is 46.5 Å². The molecule has 1 aromatic carbocycles. The van der Waals surface area contributed by atoms with Crippen molar-refractivity contribution in [2.75, 3.05) is 11.9 Å². The first kappa shape index (κ1) is 15.2. The van der Waals surface area contributed by atoms with Crippen LogP contribution in [0.2, 0.25) is 0 Å². The lowest BCUT2D eigenvalue weighted by atomic mass is 10.00. The number of amides is 1. The number of thiazole rings is 1. The first-order chi connectivity index (χ1) is 10.6. The van der Waals surface area contributed by atoms with Crippen LogP contribution in [-0.4, -0.2) is 22.3 Å². The number of benzene rings is 1. The van der Waals surface area contributed by atoms with Crippen molar-refractivity contribution < 1.29 is 4.79 Å². The second-order valence-electron chi connectivity index (χ2n) is 5.76. The lowest BCUT2D eigenvalue weighted by Crippen LogP contribution is -2.26. The smallest absolute Gasteiger partial charge is 0.223 e. The number of hydrogen-bond acceptors (Lipinski definition) is 4. The summed E-state index contributed by atoms with van der Waals surface area (Å²) in [5, 5.41) is 3.44. The molecule has 116 valence electrons. The second-order valence-corrected chi connectivity index (χ2v) is 6.88. The first-order valence-electron chi connectivity index (χ1n) is 7.67. The van der Waals surface area contributed by atoms with E-state index in [1.54, 1.807) is 11.3 Å². The van der Waals surface area contributed by atoms with Crippen LogP contribution in [0, 0.1) is 0 Å². The maximum absolute atomic E-state index is 11.1. The zero-order valence-electron chi connectivity index (χ0n) is 13.0. The van der Waals surface area contributed by atoms with E-state index in [1.165, 1.54) is 29.3 Å². The summed E-state index contributed by atoms with van der Waals surface area (Å²) in [6.07, 6.45) is 4.20. The van der Waals surface area contributed by atoms with Crippen molar-refractivity contribution >= 4 is 22.4 Å². The highest BCUT2D eigenvalue weighted by atomic mass is 32.1. The number of fused-ring (bicyclic) bond motifs is 1. The fraction of sp³-hybridized carbons (Fsp3) is 0.412. The number of nitrogens with one attached hydrogen (secondary N) is 1. The summed E-state index contributed by atoms with van der Waals surface area (Å²) in [7, 11) is 0. The van der Waals surface area contributed by atoms with Crippen molar-refractivity contribution in [3.8, 4) is 0 Å². The van der Waals surface area contributed by atoms with E-state index in [0.717, 1.165) is 19.5 Å². The number of hydrogen-bond donors (Lipinski definition) is 1. The summed E-state index contributed by atoms with van der Waals surface area (Å²) in [6, 6.07) is 9.15. The first-order valence-corrected chi connectivity index (χ1v) is 8.49. The fourth-order valence-corrected chi connectivity index (χ4v) is 3.92. The number of carbonyl (C=O) groups excluding carboxylic acids is 1. The molecule has 2 aromatic rings. The van der Waals surface area contributed by atoms with Crippen LogP contribution in [0.1, 0.15) is 42.3 Å². The molecule has 2 heterocycles. The van der Waals surface area contributed by atoms with E-state index in [0.29, 0.717) is 11.2 Å². The molecule has 4 nitrogen and oxygen atoms in total. The van der Waals surface area contributed by atoms with Gasteiger partial charge in [0.15, 0.2) is 5.13 Å². The number of aryl methyl sites for hydroxylation is 1. The van der Waals surface area contributed by atoms with E-state index in [2.05, 4.69) is 46.4 Å². The van der Waals surface area contributed by atoms with Crippen LogP contribution in [-0.2, 0) is 17.8 Å². The molecule has 0 saturated heterocycles. The molecule has 1 aliphatic heterocycles. The minimum Gasteiger partial charge on any atom is -0.302 e. The maximum Gasteiger partial charge on any atom is 0.223 e. The highest BCUT2D eigenvalue weighted by molar-refractivity contribution is 7.15. The Hall–Kier alpha value is -1.72. The minimum absolute atomic E-state index is 0.0713. The highest BCUT2D eigenvalue weighted by Crippen LogP contribution is 2.31. The Morgan fingerprint density at radius 2 is 2.27 bits per heavy atom. The summed E-state index contributed by atoms with van der Waals surface area (Å²) in [5.74, 6) is -0.0713. The number of carbonyl (C=O) groups is 1. The van der Waals surface area contributed by atoms with Gasteiger partial charge in [-0.05, 0) is 37.4 Å². The summed E-state index contributed by atoms with van der Waals surface area (Å²) >= 11 is 1.56. The minimum atomic E-state index is -0.0713. The molecule has 0 aliphatic carbocycles. The van der Waals surface area contributed by atoms with E-state index in [4.69, 9.17) is 0 Å². The van der Waals surface area contributed by atoms with Crippen LogP contribution in [0.5, 0.6) is 0 Å². The van der Waals surface area contributed by atoms with E-state index < -0.39 is 0 Å². The third-order valence-corrected chi connectivity index (χ3v) is 5.04. The van der Waals surface area contributed by atoms with Gasteiger partial charge in [-0.1, -0.05) is 24.3 Å². The van der Waals surface area contributed by atoms with Gasteiger partial charge in [0.2, 0.25) is 5.91 Å². The SMILES string of the molecule is CC(=O)Nc1ncc(CN2CCCc3ccccc3[C@@H]2C)s1. The molecule has 1 N–H and O–H groups in total. The third-order valence-electron chi connectivity index (χ3n) is 4.14. The quantitative estimate of drug-likeness (QED) is 0.941. The van der Waals surface area contributed by atoms with Crippen LogP contribution in [0.25, 0.3) is 0 Å². The summed E-state index contributed by atoms with van der Waals surface area (Å²) in [4.78, 5) is 19.1. The van der Waals surface area contributed by atoms with Gasteiger partial charge in [0, 0.05) is 30.6 Å². The van der Waals surface area contributed by atoms with Crippen molar-refractivity contribution in [3.63, 3.8) is 0 Å². The van der Waals surface area contributed by atoms with Gasteiger partial charge in [0.25, 0.3) is 0 Å². The fourth-order valence-electron chi connectivity index (χ4n) is 3.04. The molecule has 3 rings (SSSR count). The number of nitrogens with zero attached hydrogens (tertiary/aromatic N) is 2. The largest absolute Gasteiger partial charge is 0.302 e. The van der Waals surface area contributed by atoms with Crippen LogP contribution >= 0.6 is 11.3 Å². The molecule has 22 heavy (non-hydrogen) atoms. The Bertz CT molecular complexity index is 667. The Morgan fingerprint density at radius 1 is 1.45 bits per heavy atom. The molecule has 0 fully saturated rings. The van der Waals surface area contributed by atoms with Gasteiger partial charge in [-0.2, -0.15) is 0 Å². The Labute approximate surface area is 135 Å². The van der Waals surface area contributed by atoms with Crippen molar-refractivity contribution in [1.29, 1.82) is 0 Å². The summed E-state index contributed by atoms with van der Waals surface area (Å²) in [5.41, 5.74) is 2.91. The molecule has 0 unspecified atom stereocenters. The third kappa shape index (κ3) is 3.36. The predicted octanol–water partition coefficient (Wildman–Crippen LogP) is 3.61. The van der Waals surface area contributed by atoms with Gasteiger partial charge in [-0.25, -0.2) is 4.98 Å². The predicted molar refractivity (Wildman–Crippen MR) is 90.0 cm³/mol. The standard InChI is InChI=1S/C17H21N3OS/c1-12-16-8-4-3-6-14(16)7-5-9-20(12)11-15-10-18-17(22-15)19-13(2)21/h3-4,6,8,10,12H,5,7,9,11H2,1-2H3,(H,18,19,21)/t12-/m0/s1. The normalized spacial score (nSPS) is 18.5. The Kier molecular flexibility index (Phi) is 4.55. The summed E-state index contributed by atoms with van der Waals surface area (Å²) < 4.78 is 0. The molecule has 1 atom stereocenters. The van der Waals surface area contributed by atoms with E-state index in [-0.39, 0.29) is 5.91 Å². The Morgan fingerprint density at radius 3 is 3.09 bits per heavy atom. The molecule has 0 saturated carbocycles. The molecule has 0 spiro atoms. The van der Waals surface area contributed by atoms with Crippen LogP contribution in [0.15, 0.2) is 30.5 Å². The van der Waals surface area contributed by atoms with Gasteiger partial charge >= 0.3 is 0 Å². The average molecular weight is 315 g/mol. The van der Waals surface area contributed by atoms with Gasteiger partial charge in [0.1, 0.15) is 0 Å². The average Bonchev–Trinajstić information content (AvgIpc) is 2.85. The van der Waals surface area contributed by atoms with Crippen molar-refractivity contribution in [1.82, 2.24) is 9.88 Å². The van der Waals surface area contributed by atoms with Gasteiger partial charge < -0.3 is 5.32 Å². The molecule has 5 heteroatoms. The van der Waals surface area contributed by atoms with Gasteiger partial charge in [0.05, 0.1) is 0 Å². The molecule has 1 aromatic heterocycles. The molecular weight excluding hydrogens is 294 g/mol. The van der Waals surface area contributed by atoms with Crippen molar-refractivity contribution in [2.24, 2.45) is 0 Å². The van der Waals surface area contributed by atoms with Gasteiger partial charge in [-0.15, -0.1) is 11.3 Å². The molecule has 0 radical (unpaired) electrons. The van der Waals surface area contributed by atoms with E-state index >= 15 is 0 Å². The van der Waals surface area contributed by atoms with Gasteiger partial charge in [-0.3, -0.25) is 9.69 Å². The summed E-state index contributed by atoms with van der Waals surface area (Å²) in [6.45, 7) is 5.75. The highest BCUT2D eigenvalue weighted by Gasteiger charge is 2.22. The maximum atomic E-state index is 11.1. The Balaban J connectivity index is 1.75. The lowest BCUT2D eigenvalue weighted by Gasteiger charge is -2.27. The topological polar surface area (TPSA) is 45.2 Å². The van der Waals surface area contributed by atoms with E-state index in [1.807, 2.05) is 6.20 Å². The lowest BCUT2D eigenvalue weighted by molar-refractivity contribution is -0.114. The van der Waals surface area contributed by atoms with Crippen molar-refractivity contribution in [2.45, 2.75) is 39.3 Å².